The van der Waals surface area contributed by atoms with Gasteiger partial charge in [0.15, 0.2) is 0 Å². The maximum absolute atomic E-state index is 12.5. The summed E-state index contributed by atoms with van der Waals surface area (Å²) in [6, 6.07) is 21.3. The van der Waals surface area contributed by atoms with Crippen LogP contribution in [0.2, 0.25) is 5.02 Å². The minimum atomic E-state index is -0.110. The molecule has 1 aliphatic heterocycles. The maximum Gasteiger partial charge on any atom is 0.251 e. The molecule has 4 rings (SSSR count). The van der Waals surface area contributed by atoms with Gasteiger partial charge in [-0.2, -0.15) is 0 Å². The second-order valence-corrected chi connectivity index (χ2v) is 7.54. The molecule has 0 radical (unpaired) electrons. The van der Waals surface area contributed by atoms with E-state index >= 15 is 0 Å². The molecule has 2 aromatic carbocycles. The van der Waals surface area contributed by atoms with Crippen LogP contribution in [-0.2, 0) is 0 Å². The van der Waals surface area contributed by atoms with Crippen molar-refractivity contribution in [2.75, 3.05) is 37.6 Å². The molecule has 0 spiro atoms. The number of carbonyl (C=O) groups excluding carboxylic acids is 1. The van der Waals surface area contributed by atoms with Crippen molar-refractivity contribution in [3.05, 3.63) is 89.3 Å². The van der Waals surface area contributed by atoms with Crippen LogP contribution < -0.4 is 10.2 Å². The lowest BCUT2D eigenvalue weighted by atomic mass is 10.1. The van der Waals surface area contributed by atoms with Crippen molar-refractivity contribution in [3.63, 3.8) is 0 Å². The van der Waals surface area contributed by atoms with Crippen LogP contribution in [0.1, 0.15) is 22.2 Å². The number of benzene rings is 2. The van der Waals surface area contributed by atoms with E-state index in [-0.39, 0.29) is 11.9 Å². The molecule has 1 fully saturated rings. The van der Waals surface area contributed by atoms with Gasteiger partial charge in [-0.15, -0.1) is 0 Å². The third-order valence-corrected chi connectivity index (χ3v) is 5.56. The average molecular weight is 410 g/mol. The highest BCUT2D eigenvalue weighted by atomic mass is 35.5. The van der Waals surface area contributed by atoms with Crippen LogP contribution in [0, 0.1) is 0 Å². The van der Waals surface area contributed by atoms with Crippen LogP contribution in [-0.4, -0.2) is 43.5 Å². The number of amides is 1. The Morgan fingerprint density at radius 1 is 0.966 bits per heavy atom. The van der Waals surface area contributed by atoms with Gasteiger partial charge < -0.3 is 14.6 Å². The Hall–Kier alpha value is -2.76. The van der Waals surface area contributed by atoms with E-state index in [0.29, 0.717) is 17.1 Å². The predicted octanol–water partition coefficient (Wildman–Crippen LogP) is 4.23. The van der Waals surface area contributed by atoms with E-state index < -0.39 is 0 Å². The third kappa shape index (κ3) is 4.81. The highest BCUT2D eigenvalue weighted by molar-refractivity contribution is 6.30. The molecule has 0 saturated carbocycles. The first-order valence-electron chi connectivity index (χ1n) is 9.82. The molecule has 29 heavy (non-hydrogen) atoms. The van der Waals surface area contributed by atoms with Crippen LogP contribution in [0.25, 0.3) is 0 Å². The van der Waals surface area contributed by atoms with Gasteiger partial charge in [0.1, 0.15) is 5.76 Å². The Labute approximate surface area is 175 Å². The first kappa shape index (κ1) is 19.6. The number of piperazine rings is 1. The van der Waals surface area contributed by atoms with Gasteiger partial charge in [0, 0.05) is 49.0 Å². The van der Waals surface area contributed by atoms with Crippen LogP contribution in [0.3, 0.4) is 0 Å². The molecule has 1 saturated heterocycles. The lowest BCUT2D eigenvalue weighted by molar-refractivity contribution is 0.0923. The van der Waals surface area contributed by atoms with E-state index in [1.165, 1.54) is 5.69 Å². The van der Waals surface area contributed by atoms with E-state index in [2.05, 4.69) is 39.4 Å². The number of para-hydroxylation sites is 1. The minimum absolute atomic E-state index is 0.000765. The van der Waals surface area contributed by atoms with Crippen molar-refractivity contribution in [1.82, 2.24) is 10.2 Å². The maximum atomic E-state index is 12.5. The molecular weight excluding hydrogens is 386 g/mol. The Balaban J connectivity index is 1.40. The first-order valence-corrected chi connectivity index (χ1v) is 10.2. The van der Waals surface area contributed by atoms with E-state index in [1.54, 1.807) is 30.5 Å². The van der Waals surface area contributed by atoms with Crippen LogP contribution in [0.5, 0.6) is 0 Å². The average Bonchev–Trinajstić information content (AvgIpc) is 3.30. The van der Waals surface area contributed by atoms with Crippen LogP contribution in [0.15, 0.2) is 77.4 Å². The monoisotopic (exact) mass is 409 g/mol. The van der Waals surface area contributed by atoms with E-state index in [9.17, 15) is 4.79 Å². The summed E-state index contributed by atoms with van der Waals surface area (Å²) >= 11 is 5.91. The van der Waals surface area contributed by atoms with Crippen molar-refractivity contribution in [2.24, 2.45) is 0 Å². The van der Waals surface area contributed by atoms with Crippen LogP contribution in [0.4, 0.5) is 5.69 Å². The van der Waals surface area contributed by atoms with Gasteiger partial charge in [-0.05, 0) is 48.5 Å². The fourth-order valence-electron chi connectivity index (χ4n) is 3.71. The quantitative estimate of drug-likeness (QED) is 0.662. The second-order valence-electron chi connectivity index (χ2n) is 7.11. The van der Waals surface area contributed by atoms with E-state index in [1.807, 2.05) is 18.2 Å². The summed E-state index contributed by atoms with van der Waals surface area (Å²) in [5.74, 6) is 0.760. The summed E-state index contributed by atoms with van der Waals surface area (Å²) in [6.45, 7) is 4.16. The van der Waals surface area contributed by atoms with Crippen molar-refractivity contribution in [2.45, 2.75) is 6.04 Å². The molecule has 1 atom stereocenters. The first-order chi connectivity index (χ1) is 14.2. The lowest BCUT2D eigenvalue weighted by Gasteiger charge is -2.39. The van der Waals surface area contributed by atoms with Gasteiger partial charge in [0.2, 0.25) is 0 Å². The summed E-state index contributed by atoms with van der Waals surface area (Å²) < 4.78 is 5.69. The molecule has 5 nitrogen and oxygen atoms in total. The van der Waals surface area contributed by atoms with Crippen LogP contribution >= 0.6 is 11.6 Å². The number of halogens is 1. The van der Waals surface area contributed by atoms with Crippen molar-refractivity contribution in [3.8, 4) is 0 Å². The summed E-state index contributed by atoms with van der Waals surface area (Å²) in [5, 5.41) is 3.67. The van der Waals surface area contributed by atoms with Crippen molar-refractivity contribution in [1.29, 1.82) is 0 Å². The largest absolute Gasteiger partial charge is 0.468 e. The number of anilines is 1. The van der Waals surface area contributed by atoms with E-state index in [0.717, 1.165) is 31.9 Å². The zero-order valence-electron chi connectivity index (χ0n) is 16.1. The molecule has 0 bridgehead atoms. The standard InChI is InChI=1S/C23H24ClN3O2/c24-19-10-8-18(9-11-19)23(28)25-17-21(22-7-4-16-29-22)27-14-12-26(13-15-27)20-5-2-1-3-6-20/h1-11,16,21H,12-15,17H2,(H,25,28)/t21-/m1/s1. The molecule has 2 heterocycles. The number of furan rings is 1. The highest BCUT2D eigenvalue weighted by Crippen LogP contribution is 2.24. The molecular formula is C23H24ClN3O2. The molecule has 0 unspecified atom stereocenters. The number of hydrogen-bond acceptors (Lipinski definition) is 4. The summed E-state index contributed by atoms with van der Waals surface area (Å²) in [5.41, 5.74) is 1.85. The van der Waals surface area contributed by atoms with Gasteiger partial charge in [-0.3, -0.25) is 9.69 Å². The second kappa shape index (κ2) is 9.16. The SMILES string of the molecule is O=C(NC[C@H](c1ccco1)N1CCN(c2ccccc2)CC1)c1ccc(Cl)cc1. The number of nitrogens with zero attached hydrogens (tertiary/aromatic N) is 2. The zero-order chi connectivity index (χ0) is 20.1. The number of nitrogens with one attached hydrogen (secondary N) is 1. The highest BCUT2D eigenvalue weighted by Gasteiger charge is 2.27. The Morgan fingerprint density at radius 2 is 1.69 bits per heavy atom. The molecule has 1 aliphatic rings. The number of carbonyl (C=O) groups is 1. The molecule has 150 valence electrons. The van der Waals surface area contributed by atoms with Crippen molar-refractivity contribution >= 4 is 23.2 Å². The van der Waals surface area contributed by atoms with Gasteiger partial charge in [-0.1, -0.05) is 29.8 Å². The van der Waals surface area contributed by atoms with Gasteiger partial charge in [0.25, 0.3) is 5.91 Å². The van der Waals surface area contributed by atoms with Crippen molar-refractivity contribution < 1.29 is 9.21 Å². The third-order valence-electron chi connectivity index (χ3n) is 5.31. The molecule has 0 aliphatic carbocycles. The molecule has 1 N–H and O–H groups in total. The molecule has 1 amide bonds. The normalized spacial score (nSPS) is 15.8. The van der Waals surface area contributed by atoms with E-state index in [4.69, 9.17) is 16.0 Å². The summed E-state index contributed by atoms with van der Waals surface area (Å²) in [7, 11) is 0. The predicted molar refractivity (Wildman–Crippen MR) is 115 cm³/mol. The Kier molecular flexibility index (Phi) is 6.17. The number of hydrogen-bond donors (Lipinski definition) is 1. The fraction of sp³-hybridized carbons (Fsp3) is 0.261. The number of rotatable bonds is 6. The molecule has 1 aromatic heterocycles. The lowest BCUT2D eigenvalue weighted by Crippen LogP contribution is -2.49. The Morgan fingerprint density at radius 3 is 2.34 bits per heavy atom. The zero-order valence-corrected chi connectivity index (χ0v) is 16.9. The minimum Gasteiger partial charge on any atom is -0.468 e. The Bertz CT molecular complexity index is 905. The van der Waals surface area contributed by atoms with Gasteiger partial charge >= 0.3 is 0 Å². The summed E-state index contributed by atoms with van der Waals surface area (Å²) in [6.07, 6.45) is 1.68. The topological polar surface area (TPSA) is 48.7 Å². The van der Waals surface area contributed by atoms with Gasteiger partial charge in [0.05, 0.1) is 12.3 Å². The smallest absolute Gasteiger partial charge is 0.251 e. The molecule has 3 aromatic rings. The summed E-state index contributed by atoms with van der Waals surface area (Å²) in [4.78, 5) is 17.3. The fourth-order valence-corrected chi connectivity index (χ4v) is 3.84. The molecule has 6 heteroatoms. The van der Waals surface area contributed by atoms with Gasteiger partial charge in [-0.25, -0.2) is 0 Å².